The van der Waals surface area contributed by atoms with Crippen molar-refractivity contribution in [1.29, 1.82) is 0 Å². The van der Waals surface area contributed by atoms with Gasteiger partial charge in [-0.3, -0.25) is 0 Å². The minimum Gasteiger partial charge on any atom is -0.444 e. The Morgan fingerprint density at radius 2 is 1.89 bits per heavy atom. The minimum atomic E-state index is -0.504. The summed E-state index contributed by atoms with van der Waals surface area (Å²) >= 11 is 0. The summed E-state index contributed by atoms with van der Waals surface area (Å²) in [6.07, 6.45) is 2.14. The molecule has 5 nitrogen and oxygen atoms in total. The summed E-state index contributed by atoms with van der Waals surface area (Å²) in [5, 5.41) is 6.70. The fourth-order valence-corrected chi connectivity index (χ4v) is 1.25. The van der Waals surface area contributed by atoms with E-state index in [9.17, 15) is 4.79 Å². The number of alkyl carbamates (subject to hydrolysis) is 1. The largest absolute Gasteiger partial charge is 0.444 e. The number of rotatable bonds is 6. The van der Waals surface area contributed by atoms with Crippen LogP contribution in [0.15, 0.2) is 5.16 Å². The van der Waals surface area contributed by atoms with Gasteiger partial charge in [0.25, 0.3) is 0 Å². The molecule has 0 unspecified atom stereocenters. The van der Waals surface area contributed by atoms with Gasteiger partial charge in [0.1, 0.15) is 11.7 Å². The van der Waals surface area contributed by atoms with Crippen LogP contribution in [0.25, 0.3) is 0 Å². The van der Waals surface area contributed by atoms with E-state index < -0.39 is 11.7 Å². The summed E-state index contributed by atoms with van der Waals surface area (Å²) in [5.41, 5.74) is -0.504. The molecule has 0 heterocycles. The minimum absolute atomic E-state index is 0.0235. The summed E-state index contributed by atoms with van der Waals surface area (Å²) in [6, 6.07) is -0.196. The highest BCUT2D eigenvalue weighted by Crippen LogP contribution is 2.10. The molecular formula is C14H28N2O3. The molecule has 0 aromatic rings. The normalized spacial score (nSPS) is 15.4. The zero-order chi connectivity index (χ0) is 15.1. The molecule has 1 N–H and O–H groups in total. The van der Waals surface area contributed by atoms with Crippen LogP contribution in [0, 0.1) is 5.92 Å². The van der Waals surface area contributed by atoms with Crippen LogP contribution in [-0.2, 0) is 9.57 Å². The maximum atomic E-state index is 11.8. The zero-order valence-corrected chi connectivity index (χ0v) is 13.2. The second-order valence-corrected chi connectivity index (χ2v) is 5.97. The Morgan fingerprint density at radius 1 is 1.32 bits per heavy atom. The van der Waals surface area contributed by atoms with Gasteiger partial charge in [0, 0.05) is 0 Å². The number of ether oxygens (including phenoxy) is 1. The zero-order valence-electron chi connectivity index (χ0n) is 13.2. The molecule has 0 rings (SSSR count). The van der Waals surface area contributed by atoms with Gasteiger partial charge in [-0.05, 0) is 40.5 Å². The number of hydrogen-bond donors (Lipinski definition) is 1. The fraction of sp³-hybridized carbons (Fsp3) is 0.857. The molecule has 0 saturated carbocycles. The van der Waals surface area contributed by atoms with Crippen molar-refractivity contribution in [3.05, 3.63) is 0 Å². The lowest BCUT2D eigenvalue weighted by Crippen LogP contribution is -2.43. The van der Waals surface area contributed by atoms with Crippen LogP contribution >= 0.6 is 0 Å². The van der Waals surface area contributed by atoms with Gasteiger partial charge < -0.3 is 14.9 Å². The summed E-state index contributed by atoms with van der Waals surface area (Å²) in [4.78, 5) is 16.9. The van der Waals surface area contributed by atoms with Crippen LogP contribution in [0.1, 0.15) is 54.9 Å². The summed E-state index contributed by atoms with van der Waals surface area (Å²) in [5.74, 6) is 0.257. The van der Waals surface area contributed by atoms with Crippen molar-refractivity contribution >= 4 is 12.3 Å². The second kappa shape index (κ2) is 8.02. The van der Waals surface area contributed by atoms with Crippen LogP contribution in [-0.4, -0.2) is 30.1 Å². The lowest BCUT2D eigenvalue weighted by atomic mass is 10.0. The van der Waals surface area contributed by atoms with Gasteiger partial charge in [-0.25, -0.2) is 4.79 Å². The number of carbonyl (C=O) groups is 1. The summed E-state index contributed by atoms with van der Waals surface area (Å²) < 4.78 is 5.24. The van der Waals surface area contributed by atoms with E-state index in [1.807, 2.05) is 41.5 Å². The highest BCUT2D eigenvalue weighted by molar-refractivity contribution is 5.75. The maximum absolute atomic E-state index is 11.8. The molecule has 0 saturated heterocycles. The van der Waals surface area contributed by atoms with Gasteiger partial charge in [0.2, 0.25) is 0 Å². The Balaban J connectivity index is 4.51. The van der Waals surface area contributed by atoms with E-state index in [0.717, 1.165) is 6.42 Å². The second-order valence-electron chi connectivity index (χ2n) is 5.97. The number of hydrogen-bond acceptors (Lipinski definition) is 4. The van der Waals surface area contributed by atoms with Crippen LogP contribution in [0.2, 0.25) is 0 Å². The molecule has 0 fully saturated rings. The average molecular weight is 272 g/mol. The first-order chi connectivity index (χ1) is 8.65. The summed E-state index contributed by atoms with van der Waals surface area (Å²) in [7, 11) is 0. The van der Waals surface area contributed by atoms with Gasteiger partial charge in [0.15, 0.2) is 0 Å². The van der Waals surface area contributed by atoms with E-state index >= 15 is 0 Å². The highest BCUT2D eigenvalue weighted by Gasteiger charge is 2.21. The molecule has 2 atom stereocenters. The predicted molar refractivity (Wildman–Crippen MR) is 77.3 cm³/mol. The molecule has 5 heteroatoms. The van der Waals surface area contributed by atoms with Crippen molar-refractivity contribution < 1.29 is 14.4 Å². The number of carbonyl (C=O) groups excluding carboxylic acids is 1. The molecule has 1 amide bonds. The number of amides is 1. The first-order valence-electron chi connectivity index (χ1n) is 6.84. The monoisotopic (exact) mass is 272 g/mol. The van der Waals surface area contributed by atoms with Gasteiger partial charge >= 0.3 is 6.09 Å². The molecule has 0 aliphatic rings. The van der Waals surface area contributed by atoms with Crippen LogP contribution in [0.4, 0.5) is 4.79 Å². The molecule has 19 heavy (non-hydrogen) atoms. The van der Waals surface area contributed by atoms with Crippen molar-refractivity contribution in [2.45, 2.75) is 72.6 Å². The lowest BCUT2D eigenvalue weighted by Gasteiger charge is -2.24. The van der Waals surface area contributed by atoms with Gasteiger partial charge in [-0.1, -0.05) is 25.4 Å². The smallest absolute Gasteiger partial charge is 0.408 e. The third-order valence-corrected chi connectivity index (χ3v) is 2.43. The average Bonchev–Trinajstić information content (AvgIpc) is 2.23. The molecular weight excluding hydrogens is 244 g/mol. The summed E-state index contributed by atoms with van der Waals surface area (Å²) in [6.45, 7) is 13.4. The molecule has 0 spiro atoms. The van der Waals surface area contributed by atoms with Crippen molar-refractivity contribution in [2.24, 2.45) is 11.1 Å². The predicted octanol–water partition coefficient (Wildman–Crippen LogP) is 3.34. The van der Waals surface area contributed by atoms with E-state index in [0.29, 0.717) is 0 Å². The molecule has 0 aromatic carbocycles. The third kappa shape index (κ3) is 9.33. The van der Waals surface area contributed by atoms with Crippen LogP contribution < -0.4 is 5.32 Å². The fourth-order valence-electron chi connectivity index (χ4n) is 1.25. The van der Waals surface area contributed by atoms with Crippen molar-refractivity contribution in [2.75, 3.05) is 0 Å². The Kier molecular flexibility index (Phi) is 7.49. The number of nitrogens with one attached hydrogen (secondary N) is 1. The Labute approximate surface area is 116 Å². The third-order valence-electron chi connectivity index (χ3n) is 2.43. The molecule has 0 aromatic heterocycles. The van der Waals surface area contributed by atoms with E-state index in [1.165, 1.54) is 0 Å². The maximum Gasteiger partial charge on any atom is 0.408 e. The molecule has 0 aliphatic heterocycles. The van der Waals surface area contributed by atoms with Crippen molar-refractivity contribution in [1.82, 2.24) is 5.32 Å². The Morgan fingerprint density at radius 3 is 2.32 bits per heavy atom. The van der Waals surface area contributed by atoms with Gasteiger partial charge in [-0.15, -0.1) is 0 Å². The van der Waals surface area contributed by atoms with E-state index in [4.69, 9.17) is 9.57 Å². The molecule has 0 radical (unpaired) electrons. The quantitative estimate of drug-likeness (QED) is 0.596. The Bertz CT molecular complexity index is 296. The number of nitrogens with zero attached hydrogens (tertiary/aromatic N) is 1. The SMILES string of the molecule is CC[C@H](C)[C@@H](C=NOC(C)C)NC(=O)OC(C)(C)C. The Hall–Kier alpha value is -1.26. The van der Waals surface area contributed by atoms with Gasteiger partial charge in [-0.2, -0.15) is 0 Å². The highest BCUT2D eigenvalue weighted by atomic mass is 16.6. The van der Waals surface area contributed by atoms with Crippen LogP contribution in [0.5, 0.6) is 0 Å². The van der Waals surface area contributed by atoms with E-state index in [-0.39, 0.29) is 18.1 Å². The standard InChI is InChI=1S/C14H28N2O3/c1-8-11(4)12(9-15-19-10(2)3)16-13(17)18-14(5,6)7/h9-12H,8H2,1-7H3,(H,16,17)/t11-,12+/m0/s1. The van der Waals surface area contributed by atoms with Crippen LogP contribution in [0.3, 0.4) is 0 Å². The molecule has 0 bridgehead atoms. The topological polar surface area (TPSA) is 59.9 Å². The van der Waals surface area contributed by atoms with E-state index in [2.05, 4.69) is 17.4 Å². The molecule has 112 valence electrons. The molecule has 0 aliphatic carbocycles. The van der Waals surface area contributed by atoms with Crippen molar-refractivity contribution in [3.8, 4) is 0 Å². The first kappa shape index (κ1) is 17.7. The van der Waals surface area contributed by atoms with E-state index in [1.54, 1.807) is 6.21 Å². The van der Waals surface area contributed by atoms with Gasteiger partial charge in [0.05, 0.1) is 12.3 Å². The number of oxime groups is 1. The first-order valence-corrected chi connectivity index (χ1v) is 6.84. The van der Waals surface area contributed by atoms with Crippen molar-refractivity contribution in [3.63, 3.8) is 0 Å². The lowest BCUT2D eigenvalue weighted by molar-refractivity contribution is 0.0504.